The highest BCUT2D eigenvalue weighted by molar-refractivity contribution is 5.35. The quantitative estimate of drug-likeness (QED) is 0.459. The molecule has 6 nitrogen and oxygen atoms in total. The van der Waals surface area contributed by atoms with E-state index in [0.717, 1.165) is 0 Å². The fraction of sp³-hybridized carbons (Fsp3) is 0.500. The number of nitriles is 1. The number of hydrogen-bond acceptors (Lipinski definition) is 5. The largest absolute Gasteiger partial charge is 0.416 e. The van der Waals surface area contributed by atoms with Gasteiger partial charge in [0.15, 0.2) is 0 Å². The molecule has 0 radical (unpaired) electrons. The molecule has 2 aliphatic rings. The van der Waals surface area contributed by atoms with E-state index < -0.39 is 46.1 Å². The second kappa shape index (κ2) is 9.85. The van der Waals surface area contributed by atoms with Crippen LogP contribution in [0.5, 0.6) is 0 Å². The summed E-state index contributed by atoms with van der Waals surface area (Å²) >= 11 is 0. The maximum atomic E-state index is 13.4. The lowest BCUT2D eigenvalue weighted by atomic mass is 9.62. The van der Waals surface area contributed by atoms with Gasteiger partial charge in [0.25, 0.3) is 0 Å². The van der Waals surface area contributed by atoms with Crippen LogP contribution in [0.3, 0.4) is 0 Å². The van der Waals surface area contributed by atoms with Gasteiger partial charge in [-0.2, -0.15) is 31.6 Å². The fourth-order valence-electron chi connectivity index (χ4n) is 5.14. The minimum atomic E-state index is -4.95. The summed E-state index contributed by atoms with van der Waals surface area (Å²) in [6.45, 7) is 3.65. The third-order valence-electron chi connectivity index (χ3n) is 7.81. The lowest BCUT2D eigenvalue weighted by Gasteiger charge is -2.53. The molecule has 2 aromatic rings. The first kappa shape index (κ1) is 27.9. The summed E-state index contributed by atoms with van der Waals surface area (Å²) in [5.74, 6) is 0. The number of hydrogen-bond donors (Lipinski definition) is 1. The zero-order chi connectivity index (χ0) is 27.8. The average Bonchev–Trinajstić information content (AvgIpc) is 3.42. The predicted octanol–water partition coefficient (Wildman–Crippen LogP) is 5.96. The van der Waals surface area contributed by atoms with Crippen molar-refractivity contribution in [1.82, 2.24) is 20.1 Å². The number of halogens is 6. The summed E-state index contributed by atoms with van der Waals surface area (Å²) < 4.78 is 88.0. The standard InChI is InChI=1S/C26H27F6N5O/c1-18(19-10-20(25(27,28)29)12-21(11-19)26(30,31)32)38-15-24(22(2)6-4-3-5-7-22)9-8-23(13-33,14-34-24)37-16-35-36-17-37/h3-6,10-12,16-18,34H,7-9,14-15H2,1-2H3/t18-,22?,23+,24-/m1/s1. The molecule has 12 heteroatoms. The normalized spacial score (nSPS) is 28.7. The first-order valence-corrected chi connectivity index (χ1v) is 12.0. The van der Waals surface area contributed by atoms with Crippen molar-refractivity contribution in [1.29, 1.82) is 5.26 Å². The van der Waals surface area contributed by atoms with Crippen LogP contribution in [0, 0.1) is 16.7 Å². The van der Waals surface area contributed by atoms with Gasteiger partial charge in [-0.15, -0.1) is 10.2 Å². The van der Waals surface area contributed by atoms with E-state index in [1.807, 2.05) is 31.2 Å². The number of alkyl halides is 6. The first-order chi connectivity index (χ1) is 17.7. The van der Waals surface area contributed by atoms with Crippen LogP contribution in [0.25, 0.3) is 0 Å². The number of benzene rings is 1. The molecule has 1 aliphatic heterocycles. The number of nitrogens with one attached hydrogen (secondary N) is 1. The van der Waals surface area contributed by atoms with Gasteiger partial charge < -0.3 is 10.1 Å². The molecule has 1 N–H and O–H groups in total. The van der Waals surface area contributed by atoms with Crippen LogP contribution in [0.15, 0.2) is 55.2 Å². The van der Waals surface area contributed by atoms with E-state index >= 15 is 0 Å². The van der Waals surface area contributed by atoms with Crippen molar-refractivity contribution in [3.8, 4) is 6.07 Å². The number of allylic oxidation sites excluding steroid dienone is 3. The van der Waals surface area contributed by atoms with Gasteiger partial charge in [0.05, 0.1) is 35.4 Å². The van der Waals surface area contributed by atoms with E-state index in [1.54, 1.807) is 4.57 Å². The Balaban J connectivity index is 1.63. The molecule has 0 spiro atoms. The molecule has 0 amide bonds. The van der Waals surface area contributed by atoms with Crippen molar-refractivity contribution in [2.45, 2.75) is 62.6 Å². The van der Waals surface area contributed by atoms with Gasteiger partial charge in [0, 0.05) is 12.0 Å². The van der Waals surface area contributed by atoms with Crippen molar-refractivity contribution >= 4 is 0 Å². The lowest BCUT2D eigenvalue weighted by Crippen LogP contribution is -2.66. The Morgan fingerprint density at radius 1 is 1.05 bits per heavy atom. The average molecular weight is 540 g/mol. The molecular formula is C26H27F6N5O. The zero-order valence-electron chi connectivity index (χ0n) is 20.8. The van der Waals surface area contributed by atoms with Crippen LogP contribution in [-0.4, -0.2) is 33.5 Å². The SMILES string of the molecule is C[C@@H](OC[C@@]1(C2(C)C=CC=CC2)CC[C@@](C#N)(n2cnnc2)CN1)c1cc(C(F)(F)F)cc(C(F)(F)F)c1. The maximum Gasteiger partial charge on any atom is 0.416 e. The van der Waals surface area contributed by atoms with E-state index in [9.17, 15) is 31.6 Å². The molecule has 1 unspecified atom stereocenters. The van der Waals surface area contributed by atoms with Gasteiger partial charge >= 0.3 is 12.4 Å². The molecule has 38 heavy (non-hydrogen) atoms. The van der Waals surface area contributed by atoms with E-state index in [1.165, 1.54) is 19.6 Å². The van der Waals surface area contributed by atoms with Gasteiger partial charge in [0.2, 0.25) is 0 Å². The summed E-state index contributed by atoms with van der Waals surface area (Å²) in [7, 11) is 0. The van der Waals surface area contributed by atoms with Crippen LogP contribution >= 0.6 is 0 Å². The van der Waals surface area contributed by atoms with Gasteiger partial charge in [-0.3, -0.25) is 4.57 Å². The number of nitrogens with zero attached hydrogens (tertiary/aromatic N) is 4. The van der Waals surface area contributed by atoms with Gasteiger partial charge in [-0.1, -0.05) is 31.2 Å². The van der Waals surface area contributed by atoms with Crippen LogP contribution in [0.2, 0.25) is 0 Å². The second-order valence-corrected chi connectivity index (χ2v) is 10.1. The Morgan fingerprint density at radius 2 is 1.68 bits per heavy atom. The van der Waals surface area contributed by atoms with Crippen molar-refractivity contribution < 1.29 is 31.1 Å². The molecule has 4 atom stereocenters. The van der Waals surface area contributed by atoms with Crippen LogP contribution < -0.4 is 5.32 Å². The topological polar surface area (TPSA) is 75.8 Å². The summed E-state index contributed by atoms with van der Waals surface area (Å²) in [5, 5.41) is 21.1. The molecule has 4 rings (SSSR count). The Bertz CT molecular complexity index is 1200. The Kier molecular flexibility index (Phi) is 7.22. The van der Waals surface area contributed by atoms with Crippen molar-refractivity contribution in [2.75, 3.05) is 13.2 Å². The first-order valence-electron chi connectivity index (χ1n) is 12.0. The molecule has 1 aromatic heterocycles. The summed E-state index contributed by atoms with van der Waals surface area (Å²) in [5.41, 5.74) is -5.21. The van der Waals surface area contributed by atoms with Crippen LogP contribution in [0.4, 0.5) is 26.3 Å². The molecule has 2 heterocycles. The Hall–Kier alpha value is -3.17. The van der Waals surface area contributed by atoms with E-state index in [4.69, 9.17) is 4.74 Å². The second-order valence-electron chi connectivity index (χ2n) is 10.1. The van der Waals surface area contributed by atoms with Gasteiger partial charge in [-0.05, 0) is 49.9 Å². The summed E-state index contributed by atoms with van der Waals surface area (Å²) in [4.78, 5) is 0. The molecule has 1 aliphatic carbocycles. The highest BCUT2D eigenvalue weighted by atomic mass is 19.4. The van der Waals surface area contributed by atoms with Crippen molar-refractivity contribution in [2.24, 2.45) is 5.41 Å². The molecule has 0 bridgehead atoms. The number of rotatable bonds is 6. The Labute approximate surface area is 216 Å². The molecule has 204 valence electrons. The lowest BCUT2D eigenvalue weighted by molar-refractivity contribution is -0.143. The third kappa shape index (κ3) is 5.22. The fourth-order valence-corrected chi connectivity index (χ4v) is 5.14. The smallest absolute Gasteiger partial charge is 0.372 e. The minimum absolute atomic E-state index is 0.00979. The van der Waals surface area contributed by atoms with Crippen LogP contribution in [0.1, 0.15) is 55.9 Å². The monoisotopic (exact) mass is 539 g/mol. The van der Waals surface area contributed by atoms with E-state index in [-0.39, 0.29) is 24.8 Å². The predicted molar refractivity (Wildman–Crippen MR) is 125 cm³/mol. The Morgan fingerprint density at radius 3 is 2.16 bits per heavy atom. The molecule has 1 saturated heterocycles. The number of ether oxygens (including phenoxy) is 1. The minimum Gasteiger partial charge on any atom is -0.372 e. The summed E-state index contributed by atoms with van der Waals surface area (Å²) in [6, 6.07) is 3.83. The van der Waals surface area contributed by atoms with Crippen molar-refractivity contribution in [3.63, 3.8) is 0 Å². The van der Waals surface area contributed by atoms with Gasteiger partial charge in [0.1, 0.15) is 18.2 Å². The van der Waals surface area contributed by atoms with Crippen molar-refractivity contribution in [3.05, 3.63) is 71.8 Å². The molecule has 0 saturated carbocycles. The third-order valence-corrected chi connectivity index (χ3v) is 7.81. The summed E-state index contributed by atoms with van der Waals surface area (Å²) in [6.07, 6.45) is 1.24. The molecular weight excluding hydrogens is 512 g/mol. The van der Waals surface area contributed by atoms with Crippen LogP contribution in [-0.2, 0) is 22.6 Å². The molecule has 1 fully saturated rings. The number of piperidine rings is 1. The van der Waals surface area contributed by atoms with Gasteiger partial charge in [-0.25, -0.2) is 0 Å². The highest BCUT2D eigenvalue weighted by Crippen LogP contribution is 2.47. The highest BCUT2D eigenvalue weighted by Gasteiger charge is 2.52. The molecule has 1 aromatic carbocycles. The van der Waals surface area contributed by atoms with E-state index in [2.05, 4.69) is 21.6 Å². The number of aromatic nitrogens is 3. The maximum absolute atomic E-state index is 13.4. The van der Waals surface area contributed by atoms with E-state index in [0.29, 0.717) is 31.4 Å². The zero-order valence-corrected chi connectivity index (χ0v) is 20.8.